The van der Waals surface area contributed by atoms with Crippen molar-refractivity contribution in [3.8, 4) is 0 Å². The number of thiophene rings is 1. The smallest absolute Gasteiger partial charge is 0.263 e. The SMILES string of the molecule is O=C(c1ccc(Cl)s1)N1CCC(c2nnc(CC3CCCC3)s2)CC1. The number of carbonyl (C=O) groups is 1. The first-order valence-electron chi connectivity index (χ1n) is 9.06. The Morgan fingerprint density at radius 3 is 2.56 bits per heavy atom. The molecule has 2 fully saturated rings. The summed E-state index contributed by atoms with van der Waals surface area (Å²) < 4.78 is 0.668. The van der Waals surface area contributed by atoms with Gasteiger partial charge in [-0.05, 0) is 30.9 Å². The van der Waals surface area contributed by atoms with Crippen LogP contribution in [0.5, 0.6) is 0 Å². The Morgan fingerprint density at radius 1 is 1.12 bits per heavy atom. The number of rotatable bonds is 4. The first-order valence-corrected chi connectivity index (χ1v) is 11.1. The Hall–Kier alpha value is -0.980. The van der Waals surface area contributed by atoms with Gasteiger partial charge in [0, 0.05) is 25.4 Å². The molecule has 2 aromatic heterocycles. The first kappa shape index (κ1) is 17.4. The van der Waals surface area contributed by atoms with Crippen molar-refractivity contribution in [2.75, 3.05) is 13.1 Å². The van der Waals surface area contributed by atoms with Crippen molar-refractivity contribution < 1.29 is 4.79 Å². The third-order valence-corrected chi connectivity index (χ3v) is 7.66. The van der Waals surface area contributed by atoms with Crippen LogP contribution < -0.4 is 0 Å². The normalized spacial score (nSPS) is 19.6. The highest BCUT2D eigenvalue weighted by molar-refractivity contribution is 7.18. The van der Waals surface area contributed by atoms with Crippen LogP contribution in [0.4, 0.5) is 0 Å². The number of nitrogens with zero attached hydrogens (tertiary/aromatic N) is 3. The van der Waals surface area contributed by atoms with Gasteiger partial charge in [0.15, 0.2) is 0 Å². The molecule has 0 bridgehead atoms. The Labute approximate surface area is 161 Å². The van der Waals surface area contributed by atoms with E-state index in [1.165, 1.54) is 47.0 Å². The molecule has 2 aromatic rings. The number of hydrogen-bond acceptors (Lipinski definition) is 5. The molecule has 1 amide bonds. The zero-order valence-electron chi connectivity index (χ0n) is 14.1. The van der Waals surface area contributed by atoms with Gasteiger partial charge < -0.3 is 4.90 Å². The molecule has 4 nitrogen and oxygen atoms in total. The van der Waals surface area contributed by atoms with E-state index >= 15 is 0 Å². The van der Waals surface area contributed by atoms with Gasteiger partial charge in [-0.1, -0.05) is 37.3 Å². The van der Waals surface area contributed by atoms with Gasteiger partial charge in [0.2, 0.25) is 0 Å². The van der Waals surface area contributed by atoms with Crippen LogP contribution in [0.25, 0.3) is 0 Å². The van der Waals surface area contributed by atoms with E-state index in [4.69, 9.17) is 11.6 Å². The third kappa shape index (κ3) is 4.07. The fraction of sp³-hybridized carbons (Fsp3) is 0.611. The van der Waals surface area contributed by atoms with Crippen molar-refractivity contribution in [1.29, 1.82) is 0 Å². The predicted molar refractivity (Wildman–Crippen MR) is 103 cm³/mol. The largest absolute Gasteiger partial charge is 0.338 e. The second kappa shape index (κ2) is 7.72. The van der Waals surface area contributed by atoms with Gasteiger partial charge in [-0.2, -0.15) is 0 Å². The van der Waals surface area contributed by atoms with Crippen molar-refractivity contribution in [3.63, 3.8) is 0 Å². The summed E-state index contributed by atoms with van der Waals surface area (Å²) in [5.41, 5.74) is 0. The lowest BCUT2D eigenvalue weighted by atomic mass is 9.97. The average molecular weight is 396 g/mol. The van der Waals surface area contributed by atoms with E-state index in [0.29, 0.717) is 10.3 Å². The predicted octanol–water partition coefficient (Wildman–Crippen LogP) is 5.01. The van der Waals surface area contributed by atoms with Gasteiger partial charge in [0.1, 0.15) is 10.0 Å². The van der Waals surface area contributed by atoms with E-state index in [9.17, 15) is 4.79 Å². The highest BCUT2D eigenvalue weighted by Crippen LogP contribution is 2.34. The fourth-order valence-electron chi connectivity index (χ4n) is 3.89. The fourth-order valence-corrected chi connectivity index (χ4v) is 6.03. The van der Waals surface area contributed by atoms with Gasteiger partial charge in [-0.15, -0.1) is 32.9 Å². The minimum atomic E-state index is 0.106. The van der Waals surface area contributed by atoms with Gasteiger partial charge in [-0.3, -0.25) is 4.79 Å². The van der Waals surface area contributed by atoms with Gasteiger partial charge in [-0.25, -0.2) is 0 Å². The molecule has 25 heavy (non-hydrogen) atoms. The summed E-state index contributed by atoms with van der Waals surface area (Å²) in [6.07, 6.45) is 8.50. The van der Waals surface area contributed by atoms with Crippen molar-refractivity contribution in [2.45, 2.75) is 50.9 Å². The van der Waals surface area contributed by atoms with Crippen LogP contribution in [0, 0.1) is 5.92 Å². The lowest BCUT2D eigenvalue weighted by Gasteiger charge is -2.30. The molecule has 0 unspecified atom stereocenters. The molecule has 3 heterocycles. The van der Waals surface area contributed by atoms with Crippen LogP contribution in [0.15, 0.2) is 12.1 Å². The second-order valence-electron chi connectivity index (χ2n) is 7.06. The minimum Gasteiger partial charge on any atom is -0.338 e. The van der Waals surface area contributed by atoms with Crippen LogP contribution >= 0.6 is 34.3 Å². The summed E-state index contributed by atoms with van der Waals surface area (Å²) in [5, 5.41) is 11.3. The van der Waals surface area contributed by atoms with Crippen LogP contribution in [-0.2, 0) is 6.42 Å². The van der Waals surface area contributed by atoms with E-state index in [-0.39, 0.29) is 5.91 Å². The monoisotopic (exact) mass is 395 g/mol. The number of carbonyl (C=O) groups excluding carboxylic acids is 1. The molecule has 1 saturated heterocycles. The molecule has 1 aliphatic heterocycles. The molecular formula is C18H22ClN3OS2. The number of halogens is 1. The van der Waals surface area contributed by atoms with Crippen LogP contribution in [0.2, 0.25) is 4.34 Å². The molecule has 0 radical (unpaired) electrons. The summed E-state index contributed by atoms with van der Waals surface area (Å²) in [4.78, 5) is 15.2. The lowest BCUT2D eigenvalue weighted by molar-refractivity contribution is 0.0718. The van der Waals surface area contributed by atoms with Crippen molar-refractivity contribution in [2.24, 2.45) is 5.92 Å². The zero-order valence-corrected chi connectivity index (χ0v) is 16.5. The molecule has 4 rings (SSSR count). The summed E-state index contributed by atoms with van der Waals surface area (Å²) in [6.45, 7) is 1.58. The van der Waals surface area contributed by atoms with Gasteiger partial charge >= 0.3 is 0 Å². The molecule has 1 saturated carbocycles. The number of likely N-dealkylation sites (tertiary alicyclic amines) is 1. The Balaban J connectivity index is 1.32. The second-order valence-corrected chi connectivity index (χ2v) is 9.87. The van der Waals surface area contributed by atoms with Crippen molar-refractivity contribution in [3.05, 3.63) is 31.4 Å². The number of piperidine rings is 1. The molecule has 0 spiro atoms. The molecule has 0 N–H and O–H groups in total. The first-order chi connectivity index (χ1) is 12.2. The molecule has 0 atom stereocenters. The third-order valence-electron chi connectivity index (χ3n) is 5.34. The summed E-state index contributed by atoms with van der Waals surface area (Å²) in [6, 6.07) is 3.61. The van der Waals surface area contributed by atoms with Crippen molar-refractivity contribution >= 4 is 40.2 Å². The maximum Gasteiger partial charge on any atom is 0.263 e. The van der Waals surface area contributed by atoms with Gasteiger partial charge in [0.05, 0.1) is 9.21 Å². The highest BCUT2D eigenvalue weighted by atomic mass is 35.5. The standard InChI is InChI=1S/C18H22ClN3OS2/c19-15-6-5-14(24-15)18(23)22-9-7-13(8-10-22)17-21-20-16(25-17)11-12-3-1-2-4-12/h5-6,12-13H,1-4,7-11H2. The number of amides is 1. The van der Waals surface area contributed by atoms with Gasteiger partial charge in [0.25, 0.3) is 5.91 Å². The highest BCUT2D eigenvalue weighted by Gasteiger charge is 2.28. The van der Waals surface area contributed by atoms with Crippen LogP contribution in [-0.4, -0.2) is 34.1 Å². The van der Waals surface area contributed by atoms with E-state index in [0.717, 1.165) is 43.1 Å². The Kier molecular flexibility index (Phi) is 5.39. The van der Waals surface area contributed by atoms with Crippen LogP contribution in [0.1, 0.15) is 64.1 Å². The number of aromatic nitrogens is 2. The lowest BCUT2D eigenvalue weighted by Crippen LogP contribution is -2.37. The van der Waals surface area contributed by atoms with Crippen molar-refractivity contribution in [1.82, 2.24) is 15.1 Å². The van der Waals surface area contributed by atoms with E-state index in [2.05, 4.69) is 10.2 Å². The summed E-state index contributed by atoms with van der Waals surface area (Å²) in [7, 11) is 0. The van der Waals surface area contributed by atoms with E-state index in [1.54, 1.807) is 17.4 Å². The number of hydrogen-bond donors (Lipinski definition) is 0. The van der Waals surface area contributed by atoms with E-state index < -0.39 is 0 Å². The summed E-state index contributed by atoms with van der Waals surface area (Å²) in [5.74, 6) is 1.37. The summed E-state index contributed by atoms with van der Waals surface area (Å²) >= 11 is 9.10. The zero-order chi connectivity index (χ0) is 17.2. The Morgan fingerprint density at radius 2 is 1.88 bits per heavy atom. The molecular weight excluding hydrogens is 374 g/mol. The molecule has 7 heteroatoms. The molecule has 1 aliphatic carbocycles. The average Bonchev–Trinajstić information content (AvgIpc) is 3.37. The maximum absolute atomic E-state index is 12.5. The minimum absolute atomic E-state index is 0.106. The molecule has 0 aromatic carbocycles. The molecule has 134 valence electrons. The topological polar surface area (TPSA) is 46.1 Å². The van der Waals surface area contributed by atoms with Crippen LogP contribution in [0.3, 0.4) is 0 Å². The maximum atomic E-state index is 12.5. The molecule has 2 aliphatic rings. The van der Waals surface area contributed by atoms with E-state index in [1.807, 2.05) is 11.0 Å². The quantitative estimate of drug-likeness (QED) is 0.731. The Bertz CT molecular complexity index is 730.